The average Bonchev–Trinajstić information content (AvgIpc) is 3.15. The van der Waals surface area contributed by atoms with Gasteiger partial charge in [0, 0.05) is 29.6 Å². The standard InChI is InChI=1S/C21H27N5S2/c1-5-26-15-17(22-16-26)14-25(4)21-9-7-6-8-20(21)23-27-18-10-12-19(13-11-18)28-24(2)3/h6-13,15-16,23H,5,14H2,1-4H3. The highest BCUT2D eigenvalue weighted by Crippen LogP contribution is 2.31. The molecule has 0 fully saturated rings. The van der Waals surface area contributed by atoms with Gasteiger partial charge in [0.25, 0.3) is 0 Å². The second kappa shape index (κ2) is 9.91. The van der Waals surface area contributed by atoms with E-state index in [9.17, 15) is 0 Å². The Bertz CT molecular complexity index is 877. The molecule has 0 unspecified atom stereocenters. The van der Waals surface area contributed by atoms with Crippen molar-refractivity contribution in [1.29, 1.82) is 0 Å². The second-order valence-corrected chi connectivity index (χ2v) is 8.91. The summed E-state index contributed by atoms with van der Waals surface area (Å²) in [6.07, 6.45) is 4.00. The molecule has 1 aromatic heterocycles. The Morgan fingerprint density at radius 2 is 1.71 bits per heavy atom. The minimum atomic E-state index is 0.771. The normalized spacial score (nSPS) is 11.0. The fourth-order valence-electron chi connectivity index (χ4n) is 2.78. The lowest BCUT2D eigenvalue weighted by molar-refractivity contribution is 0.702. The van der Waals surface area contributed by atoms with Crippen LogP contribution in [0.2, 0.25) is 0 Å². The number of hydrogen-bond acceptors (Lipinski definition) is 6. The van der Waals surface area contributed by atoms with E-state index in [-0.39, 0.29) is 0 Å². The highest BCUT2D eigenvalue weighted by Gasteiger charge is 2.09. The number of anilines is 2. The molecule has 0 aliphatic rings. The molecule has 0 atom stereocenters. The van der Waals surface area contributed by atoms with Gasteiger partial charge in [0.15, 0.2) is 0 Å². The quantitative estimate of drug-likeness (QED) is 0.484. The Balaban J connectivity index is 1.64. The number of aryl methyl sites for hydroxylation is 1. The Kier molecular flexibility index (Phi) is 7.30. The lowest BCUT2D eigenvalue weighted by Crippen LogP contribution is -2.17. The van der Waals surface area contributed by atoms with Crippen molar-refractivity contribution in [2.24, 2.45) is 0 Å². The fraction of sp³-hybridized carbons (Fsp3) is 0.286. The number of para-hydroxylation sites is 2. The van der Waals surface area contributed by atoms with E-state index < -0.39 is 0 Å². The highest BCUT2D eigenvalue weighted by molar-refractivity contribution is 8.00. The first kappa shape index (κ1) is 20.6. The summed E-state index contributed by atoms with van der Waals surface area (Å²) in [6.45, 7) is 3.83. The maximum Gasteiger partial charge on any atom is 0.0950 e. The third-order valence-electron chi connectivity index (χ3n) is 4.16. The number of nitrogens with zero attached hydrogens (tertiary/aromatic N) is 4. The van der Waals surface area contributed by atoms with Crippen LogP contribution in [0.3, 0.4) is 0 Å². The van der Waals surface area contributed by atoms with Crippen molar-refractivity contribution in [3.63, 3.8) is 0 Å². The predicted molar refractivity (Wildman–Crippen MR) is 122 cm³/mol. The van der Waals surface area contributed by atoms with E-state index in [1.807, 2.05) is 6.33 Å². The molecule has 28 heavy (non-hydrogen) atoms. The van der Waals surface area contributed by atoms with E-state index in [2.05, 4.69) is 106 Å². The molecule has 1 N–H and O–H groups in total. The van der Waals surface area contributed by atoms with Gasteiger partial charge in [-0.25, -0.2) is 4.98 Å². The fourth-order valence-corrected chi connectivity index (χ4v) is 4.13. The van der Waals surface area contributed by atoms with Crippen molar-refractivity contribution in [3.8, 4) is 0 Å². The third kappa shape index (κ3) is 5.70. The number of nitrogens with one attached hydrogen (secondary N) is 1. The summed E-state index contributed by atoms with van der Waals surface area (Å²) in [6, 6.07) is 17.0. The summed E-state index contributed by atoms with van der Waals surface area (Å²) >= 11 is 3.35. The molecule has 3 rings (SSSR count). The van der Waals surface area contributed by atoms with Gasteiger partial charge in [0.2, 0.25) is 0 Å². The van der Waals surface area contributed by atoms with Crippen LogP contribution in [0.1, 0.15) is 12.6 Å². The van der Waals surface area contributed by atoms with Gasteiger partial charge in [-0.2, -0.15) is 0 Å². The van der Waals surface area contributed by atoms with E-state index in [4.69, 9.17) is 0 Å². The molecule has 0 saturated heterocycles. The maximum atomic E-state index is 4.49. The molecule has 1 heterocycles. The molecule has 0 aliphatic carbocycles. The van der Waals surface area contributed by atoms with Crippen LogP contribution in [0, 0.1) is 0 Å². The molecule has 148 valence electrons. The predicted octanol–water partition coefficient (Wildman–Crippen LogP) is 5.23. The SMILES string of the molecule is CCn1cnc(CN(C)c2ccccc2NSc2ccc(SN(C)C)cc2)c1. The zero-order chi connectivity index (χ0) is 19.9. The van der Waals surface area contributed by atoms with Crippen LogP contribution in [0.5, 0.6) is 0 Å². The summed E-state index contributed by atoms with van der Waals surface area (Å²) in [5.41, 5.74) is 3.32. The molecule has 5 nitrogen and oxygen atoms in total. The molecule has 2 aromatic carbocycles. The first-order chi connectivity index (χ1) is 13.5. The molecule has 7 heteroatoms. The van der Waals surface area contributed by atoms with Crippen LogP contribution in [0.15, 0.2) is 70.8 Å². The summed E-state index contributed by atoms with van der Waals surface area (Å²) in [7, 11) is 6.20. The van der Waals surface area contributed by atoms with Crippen LogP contribution in [-0.4, -0.2) is 35.0 Å². The molecule has 0 spiro atoms. The Labute approximate surface area is 176 Å². The van der Waals surface area contributed by atoms with E-state index in [0.29, 0.717) is 0 Å². The summed E-state index contributed by atoms with van der Waals surface area (Å²) < 4.78 is 7.70. The minimum absolute atomic E-state index is 0.771. The number of imidazole rings is 1. The third-order valence-corrected chi connectivity index (χ3v) is 5.83. The van der Waals surface area contributed by atoms with Crippen molar-refractivity contribution in [2.75, 3.05) is 30.8 Å². The van der Waals surface area contributed by atoms with Crippen molar-refractivity contribution in [1.82, 2.24) is 13.9 Å². The van der Waals surface area contributed by atoms with Crippen LogP contribution in [-0.2, 0) is 13.1 Å². The van der Waals surface area contributed by atoms with E-state index in [1.54, 1.807) is 23.9 Å². The molecule has 0 aliphatic heterocycles. The van der Waals surface area contributed by atoms with Gasteiger partial charge in [-0.1, -0.05) is 12.1 Å². The van der Waals surface area contributed by atoms with Crippen LogP contribution >= 0.6 is 23.9 Å². The van der Waals surface area contributed by atoms with Crippen LogP contribution in [0.4, 0.5) is 11.4 Å². The zero-order valence-electron chi connectivity index (χ0n) is 16.8. The van der Waals surface area contributed by atoms with Gasteiger partial charge in [0.05, 0.1) is 29.9 Å². The van der Waals surface area contributed by atoms with Crippen molar-refractivity contribution in [2.45, 2.75) is 29.8 Å². The monoisotopic (exact) mass is 413 g/mol. The van der Waals surface area contributed by atoms with E-state index in [0.717, 1.165) is 30.2 Å². The summed E-state index contributed by atoms with van der Waals surface area (Å²) in [4.78, 5) is 9.14. The molecular formula is C21H27N5S2. The first-order valence-corrected chi connectivity index (χ1v) is 10.8. The number of aromatic nitrogens is 2. The van der Waals surface area contributed by atoms with E-state index >= 15 is 0 Å². The topological polar surface area (TPSA) is 36.3 Å². The van der Waals surface area contributed by atoms with Crippen LogP contribution < -0.4 is 9.62 Å². The molecule has 0 bridgehead atoms. The second-order valence-electron chi connectivity index (χ2n) is 6.65. The van der Waals surface area contributed by atoms with Gasteiger partial charge in [-0.05, 0) is 81.3 Å². The van der Waals surface area contributed by atoms with Gasteiger partial charge >= 0.3 is 0 Å². The largest absolute Gasteiger partial charge is 0.367 e. The Morgan fingerprint density at radius 3 is 2.39 bits per heavy atom. The highest BCUT2D eigenvalue weighted by atomic mass is 32.2. The van der Waals surface area contributed by atoms with Crippen LogP contribution in [0.25, 0.3) is 0 Å². The molecular weight excluding hydrogens is 386 g/mol. The van der Waals surface area contributed by atoms with Gasteiger partial charge < -0.3 is 14.2 Å². The minimum Gasteiger partial charge on any atom is -0.367 e. The van der Waals surface area contributed by atoms with Crippen molar-refractivity contribution < 1.29 is 0 Å². The first-order valence-electron chi connectivity index (χ1n) is 9.24. The molecule has 0 saturated carbocycles. The van der Waals surface area contributed by atoms with Gasteiger partial charge in [0.1, 0.15) is 0 Å². The van der Waals surface area contributed by atoms with E-state index in [1.165, 1.54) is 9.79 Å². The molecule has 0 radical (unpaired) electrons. The number of rotatable bonds is 9. The summed E-state index contributed by atoms with van der Waals surface area (Å²) in [5.74, 6) is 0. The molecule has 0 amide bonds. The van der Waals surface area contributed by atoms with Crippen molar-refractivity contribution in [3.05, 3.63) is 66.7 Å². The average molecular weight is 414 g/mol. The number of benzene rings is 2. The van der Waals surface area contributed by atoms with Gasteiger partial charge in [-0.3, -0.25) is 4.31 Å². The molecule has 3 aromatic rings. The summed E-state index contributed by atoms with van der Waals surface area (Å²) in [5, 5.41) is 0. The smallest absolute Gasteiger partial charge is 0.0950 e. The maximum absolute atomic E-state index is 4.49. The van der Waals surface area contributed by atoms with Crippen molar-refractivity contribution >= 4 is 35.3 Å². The zero-order valence-corrected chi connectivity index (χ0v) is 18.4. The lowest BCUT2D eigenvalue weighted by atomic mass is 10.2. The number of hydrogen-bond donors (Lipinski definition) is 1. The Morgan fingerprint density at radius 1 is 1.00 bits per heavy atom. The Hall–Kier alpha value is -2.09. The van der Waals surface area contributed by atoms with Gasteiger partial charge in [-0.15, -0.1) is 0 Å². The lowest BCUT2D eigenvalue weighted by Gasteiger charge is -2.22.